The molecule has 1 aromatic heterocycles. The summed E-state index contributed by atoms with van der Waals surface area (Å²) in [6, 6.07) is 7.20. The maximum Gasteiger partial charge on any atom is 0.270 e. The lowest BCUT2D eigenvalue weighted by atomic mass is 9.76. The van der Waals surface area contributed by atoms with Gasteiger partial charge in [-0.15, -0.1) is 11.8 Å². The smallest absolute Gasteiger partial charge is 0.270 e. The molecular formula is C23H23F3N4OS. The number of hydrogen-bond acceptors (Lipinski definition) is 4. The maximum atomic E-state index is 13.7. The van der Waals surface area contributed by atoms with Crippen molar-refractivity contribution < 1.29 is 18.0 Å². The minimum atomic E-state index is -2.98. The van der Waals surface area contributed by atoms with Crippen LogP contribution in [0.4, 0.5) is 13.2 Å². The molecule has 5 nitrogen and oxygen atoms in total. The normalized spacial score (nSPS) is 26.2. The third-order valence-corrected chi connectivity index (χ3v) is 7.45. The van der Waals surface area contributed by atoms with E-state index in [4.69, 9.17) is 5.41 Å². The summed E-state index contributed by atoms with van der Waals surface area (Å²) in [6.07, 6.45) is 4.74. The number of halogens is 3. The number of amides is 1. The van der Waals surface area contributed by atoms with Crippen molar-refractivity contribution in [3.05, 3.63) is 76.2 Å². The fourth-order valence-corrected chi connectivity index (χ4v) is 5.58. The quantitative estimate of drug-likeness (QED) is 0.701. The van der Waals surface area contributed by atoms with Gasteiger partial charge >= 0.3 is 0 Å². The molecule has 0 bridgehead atoms. The van der Waals surface area contributed by atoms with Gasteiger partial charge in [-0.1, -0.05) is 30.3 Å². The molecule has 32 heavy (non-hydrogen) atoms. The summed E-state index contributed by atoms with van der Waals surface area (Å²) in [6.45, 7) is 2.67. The molecule has 2 aliphatic heterocycles. The van der Waals surface area contributed by atoms with E-state index in [-0.39, 0.29) is 23.3 Å². The zero-order valence-electron chi connectivity index (χ0n) is 17.8. The molecule has 0 aliphatic carbocycles. The lowest BCUT2D eigenvalue weighted by molar-refractivity contribution is -0.130. The summed E-state index contributed by atoms with van der Waals surface area (Å²) in [5.74, 6) is -3.92. The highest BCUT2D eigenvalue weighted by Gasteiger charge is 2.50. The van der Waals surface area contributed by atoms with Gasteiger partial charge in [0.05, 0.1) is 17.7 Å². The van der Waals surface area contributed by atoms with Crippen LogP contribution >= 0.6 is 11.8 Å². The predicted octanol–water partition coefficient (Wildman–Crippen LogP) is 4.59. The number of guanidine groups is 1. The predicted molar refractivity (Wildman–Crippen MR) is 118 cm³/mol. The van der Waals surface area contributed by atoms with Gasteiger partial charge in [0.15, 0.2) is 5.96 Å². The van der Waals surface area contributed by atoms with E-state index in [2.05, 4.69) is 10.3 Å². The molecule has 2 aliphatic rings. The van der Waals surface area contributed by atoms with E-state index < -0.39 is 23.2 Å². The summed E-state index contributed by atoms with van der Waals surface area (Å²) in [7, 11) is 1.51. The van der Waals surface area contributed by atoms with Crippen molar-refractivity contribution in [1.29, 1.82) is 5.41 Å². The Labute approximate surface area is 188 Å². The molecule has 0 saturated carbocycles. The Hall–Kier alpha value is -2.81. The van der Waals surface area contributed by atoms with Crippen LogP contribution in [0.3, 0.4) is 0 Å². The molecule has 3 heterocycles. The standard InChI is InChI=1S/C23H23F3N4OS/c1-22(18-9-15(12-32-18)14-8-17(24)11-28-10-14)19(20(31)30(3)21(27)29-22)13-4-6-16(7-5-13)23(2,25)26/h4-11,15,19H,12H2,1-3H3,(H2,27,29)/t15?,19-,22+/m0/s1. The number of thioether (sulfide) groups is 1. The Morgan fingerprint density at radius 2 is 1.94 bits per heavy atom. The number of alkyl halides is 2. The summed E-state index contributed by atoms with van der Waals surface area (Å²) < 4.78 is 41.0. The molecule has 2 aromatic rings. The van der Waals surface area contributed by atoms with Crippen LogP contribution in [0.15, 0.2) is 53.7 Å². The molecule has 4 rings (SSSR count). The molecule has 0 spiro atoms. The van der Waals surface area contributed by atoms with Gasteiger partial charge in [-0.05, 0) is 24.1 Å². The Morgan fingerprint density at radius 3 is 2.56 bits per heavy atom. The highest BCUT2D eigenvalue weighted by Crippen LogP contribution is 2.48. The highest BCUT2D eigenvalue weighted by molar-refractivity contribution is 8.03. The van der Waals surface area contributed by atoms with Gasteiger partial charge in [-0.25, -0.2) is 13.2 Å². The van der Waals surface area contributed by atoms with E-state index in [1.807, 2.05) is 13.0 Å². The number of carbonyl (C=O) groups excluding carboxylic acids is 1. The number of pyridine rings is 1. The first kappa shape index (κ1) is 22.4. The monoisotopic (exact) mass is 460 g/mol. The van der Waals surface area contributed by atoms with E-state index in [0.717, 1.165) is 23.6 Å². The van der Waals surface area contributed by atoms with E-state index >= 15 is 0 Å². The van der Waals surface area contributed by atoms with Crippen molar-refractivity contribution in [3.63, 3.8) is 0 Å². The molecule has 1 saturated heterocycles. The van der Waals surface area contributed by atoms with Crippen LogP contribution in [0.5, 0.6) is 0 Å². The van der Waals surface area contributed by atoms with Crippen LogP contribution in [0.2, 0.25) is 0 Å². The summed E-state index contributed by atoms with van der Waals surface area (Å²) >= 11 is 1.53. The van der Waals surface area contributed by atoms with Crippen LogP contribution in [-0.4, -0.2) is 40.1 Å². The molecule has 1 amide bonds. The number of benzene rings is 1. The van der Waals surface area contributed by atoms with Crippen molar-refractivity contribution in [1.82, 2.24) is 15.2 Å². The SMILES string of the molecule is CN1C(=N)N[C@](C)(C2=CC(c3cncc(F)c3)CS2)[C@@H](c2ccc(C(C)(F)F)cc2)C1=O. The number of nitrogens with zero attached hydrogens (tertiary/aromatic N) is 2. The van der Waals surface area contributed by atoms with Gasteiger partial charge in [0.1, 0.15) is 5.82 Å². The van der Waals surface area contributed by atoms with Crippen molar-refractivity contribution in [3.8, 4) is 0 Å². The summed E-state index contributed by atoms with van der Waals surface area (Å²) in [4.78, 5) is 19.3. The molecule has 168 valence electrons. The molecule has 1 unspecified atom stereocenters. The van der Waals surface area contributed by atoms with Crippen LogP contribution in [-0.2, 0) is 10.7 Å². The van der Waals surface area contributed by atoms with Crippen molar-refractivity contribution in [2.75, 3.05) is 12.8 Å². The third kappa shape index (κ3) is 3.90. The average molecular weight is 461 g/mol. The number of likely N-dealkylation sites (N-methyl/N-ethyl adjacent to an activating group) is 1. The van der Waals surface area contributed by atoms with Crippen LogP contribution in [0, 0.1) is 11.2 Å². The molecule has 2 N–H and O–H groups in total. The Morgan fingerprint density at radius 1 is 1.25 bits per heavy atom. The van der Waals surface area contributed by atoms with Gasteiger partial charge in [0.25, 0.3) is 5.92 Å². The number of allylic oxidation sites excluding steroid dienone is 1. The highest BCUT2D eigenvalue weighted by atomic mass is 32.2. The first-order valence-electron chi connectivity index (χ1n) is 10.1. The second-order valence-electron chi connectivity index (χ2n) is 8.40. The van der Waals surface area contributed by atoms with Gasteiger partial charge in [0, 0.05) is 42.3 Å². The Kier molecular flexibility index (Phi) is 5.56. The molecule has 1 fully saturated rings. The zero-order valence-corrected chi connectivity index (χ0v) is 18.6. The van der Waals surface area contributed by atoms with Gasteiger partial charge in [0.2, 0.25) is 5.91 Å². The minimum absolute atomic E-state index is 0.0390. The third-order valence-electron chi connectivity index (χ3n) is 6.06. The minimum Gasteiger partial charge on any atom is -0.345 e. The first-order valence-corrected chi connectivity index (χ1v) is 11.1. The van der Waals surface area contributed by atoms with Crippen LogP contribution in [0.25, 0.3) is 0 Å². The number of rotatable bonds is 4. The summed E-state index contributed by atoms with van der Waals surface area (Å²) in [5.41, 5.74) is 0.219. The van der Waals surface area contributed by atoms with Crippen LogP contribution < -0.4 is 5.32 Å². The maximum absolute atomic E-state index is 13.7. The van der Waals surface area contributed by atoms with Gasteiger partial charge in [-0.2, -0.15) is 0 Å². The molecular weight excluding hydrogens is 437 g/mol. The lowest BCUT2D eigenvalue weighted by Crippen LogP contribution is -2.64. The molecule has 0 radical (unpaired) electrons. The zero-order chi connectivity index (χ0) is 23.3. The second-order valence-corrected chi connectivity index (χ2v) is 9.46. The van der Waals surface area contributed by atoms with Crippen molar-refractivity contribution in [2.24, 2.45) is 0 Å². The van der Waals surface area contributed by atoms with Crippen molar-refractivity contribution in [2.45, 2.75) is 37.1 Å². The van der Waals surface area contributed by atoms with Gasteiger partial charge in [-0.3, -0.25) is 20.1 Å². The molecule has 9 heteroatoms. The van der Waals surface area contributed by atoms with E-state index in [1.54, 1.807) is 18.3 Å². The van der Waals surface area contributed by atoms with E-state index in [0.29, 0.717) is 11.3 Å². The fourth-order valence-electron chi connectivity index (χ4n) is 4.21. The van der Waals surface area contributed by atoms with E-state index in [1.165, 1.54) is 41.9 Å². The number of nitrogens with one attached hydrogen (secondary N) is 2. The lowest BCUT2D eigenvalue weighted by Gasteiger charge is -2.46. The average Bonchev–Trinajstić information content (AvgIpc) is 3.23. The molecule has 1 aromatic carbocycles. The number of aromatic nitrogens is 1. The number of hydrogen-bond donors (Lipinski definition) is 2. The molecule has 3 atom stereocenters. The first-order chi connectivity index (χ1) is 15.0. The Bertz CT molecular complexity index is 1100. The summed E-state index contributed by atoms with van der Waals surface area (Å²) in [5, 5.41) is 11.4. The topological polar surface area (TPSA) is 69.1 Å². The van der Waals surface area contributed by atoms with E-state index in [9.17, 15) is 18.0 Å². The van der Waals surface area contributed by atoms with Crippen LogP contribution in [0.1, 0.15) is 42.4 Å². The Balaban J connectivity index is 1.74. The van der Waals surface area contributed by atoms with Crippen molar-refractivity contribution >= 4 is 23.6 Å². The van der Waals surface area contributed by atoms with Gasteiger partial charge < -0.3 is 5.32 Å². The largest absolute Gasteiger partial charge is 0.345 e. The number of carbonyl (C=O) groups is 1. The fraction of sp³-hybridized carbons (Fsp3) is 0.348. The second kappa shape index (κ2) is 7.95.